The molecule has 0 bridgehead atoms. The lowest BCUT2D eigenvalue weighted by atomic mass is 9.95. The van der Waals surface area contributed by atoms with Gasteiger partial charge < -0.3 is 9.73 Å². The van der Waals surface area contributed by atoms with Crippen molar-refractivity contribution >= 4 is 0 Å². The third-order valence-electron chi connectivity index (χ3n) is 3.38. The van der Waals surface area contributed by atoms with Gasteiger partial charge in [0.05, 0.1) is 6.04 Å². The Morgan fingerprint density at radius 3 is 2.11 bits per heavy atom. The second-order valence-electron chi connectivity index (χ2n) is 5.28. The van der Waals surface area contributed by atoms with E-state index in [2.05, 4.69) is 50.4 Å². The van der Waals surface area contributed by atoms with Gasteiger partial charge in [-0.3, -0.25) is 0 Å². The summed E-state index contributed by atoms with van der Waals surface area (Å²) in [6, 6.07) is 9.06. The average Bonchev–Trinajstić information content (AvgIpc) is 2.64. The van der Waals surface area contributed by atoms with Crippen molar-refractivity contribution in [3.63, 3.8) is 0 Å². The van der Waals surface area contributed by atoms with Gasteiger partial charge >= 0.3 is 0 Å². The first-order chi connectivity index (χ1) is 9.01. The fraction of sp³-hybridized carbons (Fsp3) is 0.412. The van der Waals surface area contributed by atoms with Crippen molar-refractivity contribution in [2.24, 2.45) is 0 Å². The molecule has 2 aromatic rings. The zero-order valence-electron chi connectivity index (χ0n) is 12.5. The fourth-order valence-corrected chi connectivity index (χ4v) is 2.73. The Bertz CT molecular complexity index is 548. The lowest BCUT2D eigenvalue weighted by Crippen LogP contribution is -2.22. The summed E-state index contributed by atoms with van der Waals surface area (Å²) in [5.41, 5.74) is 5.15. The highest BCUT2D eigenvalue weighted by Gasteiger charge is 2.18. The molecular formula is C17H23NO. The van der Waals surface area contributed by atoms with E-state index in [0.717, 1.165) is 18.1 Å². The van der Waals surface area contributed by atoms with Crippen LogP contribution in [-0.2, 0) is 0 Å². The minimum absolute atomic E-state index is 0.209. The molecule has 102 valence electrons. The lowest BCUT2D eigenvalue weighted by Gasteiger charge is -2.19. The second-order valence-corrected chi connectivity index (χ2v) is 5.28. The quantitative estimate of drug-likeness (QED) is 0.887. The molecule has 2 nitrogen and oxygen atoms in total. The van der Waals surface area contributed by atoms with Crippen LogP contribution in [-0.4, -0.2) is 6.54 Å². The number of nitrogens with one attached hydrogen (secondary N) is 1. The molecule has 0 fully saturated rings. The highest BCUT2D eigenvalue weighted by Crippen LogP contribution is 2.28. The molecular weight excluding hydrogens is 234 g/mol. The molecule has 0 aliphatic rings. The largest absolute Gasteiger partial charge is 0.466 e. The molecule has 0 aliphatic carbocycles. The van der Waals surface area contributed by atoms with Crippen molar-refractivity contribution in [3.05, 3.63) is 58.0 Å². The van der Waals surface area contributed by atoms with Gasteiger partial charge in [-0.25, -0.2) is 0 Å². The standard InChI is InChI=1S/C17H23NO/c1-6-18-17(16-10-13(4)19-14(16)5)15-8-11(2)7-12(3)9-15/h7-10,17-18H,6H2,1-5H3. The predicted octanol–water partition coefficient (Wildman–Crippen LogP) is 4.21. The van der Waals surface area contributed by atoms with E-state index in [0.29, 0.717) is 0 Å². The van der Waals surface area contributed by atoms with Crippen molar-refractivity contribution in [2.45, 2.75) is 40.7 Å². The van der Waals surface area contributed by atoms with Crippen LogP contribution in [0.4, 0.5) is 0 Å². The highest BCUT2D eigenvalue weighted by atomic mass is 16.3. The Balaban J connectivity index is 2.47. The molecule has 1 heterocycles. The predicted molar refractivity (Wildman–Crippen MR) is 79.6 cm³/mol. The van der Waals surface area contributed by atoms with Crippen molar-refractivity contribution in [2.75, 3.05) is 6.54 Å². The molecule has 0 radical (unpaired) electrons. The summed E-state index contributed by atoms with van der Waals surface area (Å²) in [6.07, 6.45) is 0. The molecule has 0 saturated heterocycles. The van der Waals surface area contributed by atoms with E-state index in [1.54, 1.807) is 0 Å². The van der Waals surface area contributed by atoms with Crippen LogP contribution in [0.1, 0.15) is 46.7 Å². The van der Waals surface area contributed by atoms with Gasteiger partial charge in [0.25, 0.3) is 0 Å². The molecule has 1 atom stereocenters. The van der Waals surface area contributed by atoms with Crippen LogP contribution < -0.4 is 5.32 Å². The molecule has 2 rings (SSSR count). The third kappa shape index (κ3) is 3.07. The number of benzene rings is 1. The normalized spacial score (nSPS) is 12.7. The summed E-state index contributed by atoms with van der Waals surface area (Å²) < 4.78 is 5.68. The van der Waals surface area contributed by atoms with Crippen LogP contribution in [0.3, 0.4) is 0 Å². The zero-order chi connectivity index (χ0) is 14.0. The van der Waals surface area contributed by atoms with Gasteiger partial charge in [0.15, 0.2) is 0 Å². The Morgan fingerprint density at radius 1 is 1.00 bits per heavy atom. The minimum Gasteiger partial charge on any atom is -0.466 e. The van der Waals surface area contributed by atoms with Crippen LogP contribution >= 0.6 is 0 Å². The van der Waals surface area contributed by atoms with E-state index in [1.807, 2.05) is 13.8 Å². The van der Waals surface area contributed by atoms with Crippen molar-refractivity contribution < 1.29 is 4.42 Å². The first-order valence-electron chi connectivity index (χ1n) is 6.89. The molecule has 1 unspecified atom stereocenters. The minimum atomic E-state index is 0.209. The zero-order valence-corrected chi connectivity index (χ0v) is 12.5. The van der Waals surface area contributed by atoms with Gasteiger partial charge in [0.1, 0.15) is 11.5 Å². The number of rotatable bonds is 4. The van der Waals surface area contributed by atoms with Crippen molar-refractivity contribution in [1.29, 1.82) is 0 Å². The second kappa shape index (κ2) is 5.62. The van der Waals surface area contributed by atoms with Crippen LogP contribution in [0.5, 0.6) is 0 Å². The molecule has 0 aliphatic heterocycles. The van der Waals surface area contributed by atoms with E-state index in [1.165, 1.54) is 22.3 Å². The molecule has 2 heteroatoms. The lowest BCUT2D eigenvalue weighted by molar-refractivity contribution is 0.495. The van der Waals surface area contributed by atoms with Crippen LogP contribution in [0.25, 0.3) is 0 Å². The highest BCUT2D eigenvalue weighted by molar-refractivity contribution is 5.38. The van der Waals surface area contributed by atoms with Gasteiger partial charge in [-0.15, -0.1) is 0 Å². The van der Waals surface area contributed by atoms with Crippen LogP contribution in [0.2, 0.25) is 0 Å². The molecule has 1 aromatic heterocycles. The molecule has 0 amide bonds. The number of hydrogen-bond donors (Lipinski definition) is 1. The maximum Gasteiger partial charge on any atom is 0.106 e. The van der Waals surface area contributed by atoms with E-state index >= 15 is 0 Å². The first kappa shape index (κ1) is 13.9. The smallest absolute Gasteiger partial charge is 0.106 e. The fourth-order valence-electron chi connectivity index (χ4n) is 2.73. The number of hydrogen-bond acceptors (Lipinski definition) is 2. The summed E-state index contributed by atoms with van der Waals surface area (Å²) in [4.78, 5) is 0. The monoisotopic (exact) mass is 257 g/mol. The summed E-state index contributed by atoms with van der Waals surface area (Å²) in [5, 5.41) is 3.56. The summed E-state index contributed by atoms with van der Waals surface area (Å²) >= 11 is 0. The van der Waals surface area contributed by atoms with Crippen LogP contribution in [0, 0.1) is 27.7 Å². The summed E-state index contributed by atoms with van der Waals surface area (Å²) in [5.74, 6) is 1.97. The van der Waals surface area contributed by atoms with Crippen LogP contribution in [0.15, 0.2) is 28.7 Å². The van der Waals surface area contributed by atoms with Gasteiger partial charge in [0.2, 0.25) is 0 Å². The van der Waals surface area contributed by atoms with E-state index in [4.69, 9.17) is 4.42 Å². The molecule has 0 spiro atoms. The average molecular weight is 257 g/mol. The van der Waals surface area contributed by atoms with E-state index < -0.39 is 0 Å². The van der Waals surface area contributed by atoms with E-state index in [9.17, 15) is 0 Å². The summed E-state index contributed by atoms with van der Waals surface area (Å²) in [6.45, 7) is 11.4. The third-order valence-corrected chi connectivity index (χ3v) is 3.38. The van der Waals surface area contributed by atoms with E-state index in [-0.39, 0.29) is 6.04 Å². The van der Waals surface area contributed by atoms with Gasteiger partial charge in [-0.05, 0) is 45.9 Å². The molecule has 0 saturated carbocycles. The topological polar surface area (TPSA) is 25.2 Å². The number of aryl methyl sites for hydroxylation is 4. The Labute approximate surface area is 115 Å². The Morgan fingerprint density at radius 2 is 1.63 bits per heavy atom. The number of furan rings is 1. The van der Waals surface area contributed by atoms with Gasteiger partial charge in [-0.2, -0.15) is 0 Å². The maximum atomic E-state index is 5.68. The molecule has 19 heavy (non-hydrogen) atoms. The maximum absolute atomic E-state index is 5.68. The molecule has 1 N–H and O–H groups in total. The van der Waals surface area contributed by atoms with Crippen molar-refractivity contribution in [3.8, 4) is 0 Å². The Hall–Kier alpha value is -1.54. The summed E-state index contributed by atoms with van der Waals surface area (Å²) in [7, 11) is 0. The van der Waals surface area contributed by atoms with Gasteiger partial charge in [-0.1, -0.05) is 36.2 Å². The van der Waals surface area contributed by atoms with Gasteiger partial charge in [0, 0.05) is 5.56 Å². The Kier molecular flexibility index (Phi) is 4.11. The first-order valence-corrected chi connectivity index (χ1v) is 6.89. The van der Waals surface area contributed by atoms with Crippen molar-refractivity contribution in [1.82, 2.24) is 5.32 Å². The molecule has 1 aromatic carbocycles. The SMILES string of the molecule is CCNC(c1cc(C)cc(C)c1)c1cc(C)oc1C.